The maximum atomic E-state index is 13.7. The van der Waals surface area contributed by atoms with E-state index >= 15 is 0 Å². The Morgan fingerprint density at radius 2 is 2.19 bits per heavy atom. The topological polar surface area (TPSA) is 95.9 Å². The van der Waals surface area contributed by atoms with Gasteiger partial charge in [0.25, 0.3) is 0 Å². The van der Waals surface area contributed by atoms with Crippen LogP contribution in [0.3, 0.4) is 0 Å². The summed E-state index contributed by atoms with van der Waals surface area (Å²) in [5.41, 5.74) is 2.40. The van der Waals surface area contributed by atoms with Crippen molar-refractivity contribution in [3.05, 3.63) is 40.3 Å². The molecule has 2 rings (SSSR count). The Morgan fingerprint density at radius 1 is 1.52 bits per heavy atom. The van der Waals surface area contributed by atoms with Crippen LogP contribution in [-0.4, -0.2) is 35.0 Å². The number of ether oxygens (including phenoxy) is 1. The van der Waals surface area contributed by atoms with Crippen molar-refractivity contribution in [2.45, 2.75) is 45.8 Å². The maximum Gasteiger partial charge on any atom is 0.347 e. The molecule has 0 spiro atoms. The van der Waals surface area contributed by atoms with Crippen molar-refractivity contribution >= 4 is 35.0 Å². The number of aliphatic carboxylic acids is 1. The molecule has 1 heterocycles. The van der Waals surface area contributed by atoms with Crippen LogP contribution in [0.1, 0.15) is 44.0 Å². The minimum Gasteiger partial charge on any atom is -0.477 e. The zero-order chi connectivity index (χ0) is 20.3. The fourth-order valence-corrected chi connectivity index (χ4v) is 2.84. The molecule has 1 aromatic carbocycles. The fourth-order valence-electron chi connectivity index (χ4n) is 2.57. The highest BCUT2D eigenvalue weighted by molar-refractivity contribution is 6.35. The van der Waals surface area contributed by atoms with Gasteiger partial charge in [0, 0.05) is 12.6 Å². The third-order valence-electron chi connectivity index (χ3n) is 4.21. The summed E-state index contributed by atoms with van der Waals surface area (Å²) in [6.45, 7) is 5.17. The molecule has 7 nitrogen and oxygen atoms in total. The monoisotopic (exact) mass is 398 g/mol. The molecule has 146 valence electrons. The Kier molecular flexibility index (Phi) is 6.43. The lowest BCUT2D eigenvalue weighted by atomic mass is 9.96. The second kappa shape index (κ2) is 8.39. The second-order valence-corrected chi connectivity index (χ2v) is 6.60. The van der Waals surface area contributed by atoms with Crippen molar-refractivity contribution < 1.29 is 28.6 Å². The number of carbonyl (C=O) groups excluding carboxylic acids is 2. The number of carboxylic acid groups (broad SMARTS) is 1. The molecule has 0 aliphatic carbocycles. The highest BCUT2D eigenvalue weighted by Gasteiger charge is 2.32. The number of ketones is 1. The van der Waals surface area contributed by atoms with Crippen molar-refractivity contribution in [1.82, 2.24) is 5.43 Å². The number of Topliss-reactive ketones (excluding diaryl/α,β-unsaturated/α-hetero) is 1. The van der Waals surface area contributed by atoms with Crippen LogP contribution in [0.5, 0.6) is 0 Å². The van der Waals surface area contributed by atoms with E-state index in [4.69, 9.17) is 16.3 Å². The van der Waals surface area contributed by atoms with E-state index in [1.807, 2.05) is 0 Å². The number of nitrogens with zero attached hydrogens (tertiary/aromatic N) is 1. The van der Waals surface area contributed by atoms with Gasteiger partial charge in [-0.15, -0.1) is 0 Å². The number of hydrogen-bond donors (Lipinski definition) is 2. The summed E-state index contributed by atoms with van der Waals surface area (Å²) in [4.78, 5) is 35.7. The number of anilines is 1. The molecule has 1 aliphatic rings. The van der Waals surface area contributed by atoms with Crippen LogP contribution in [0.15, 0.2) is 23.9 Å². The number of carbonyl (C=O) groups is 3. The number of hydrazine groups is 1. The predicted octanol–water partition coefficient (Wildman–Crippen LogP) is 3.08. The summed E-state index contributed by atoms with van der Waals surface area (Å²) >= 11 is 5.92. The molecule has 2 N–H and O–H groups in total. The minimum atomic E-state index is -1.46. The standard InChI is InChI=1S/C18H20ClFN2O5/c1-4-10(3)27-18(26)11(17(24)25)8-21-22-9(2)7-14(23)15-13(22)6-5-12(20)16(15)19/h5-6,8-10,21H,4,7H2,1-3H3,(H,24,25). The van der Waals surface area contributed by atoms with Crippen molar-refractivity contribution in [3.63, 3.8) is 0 Å². The Morgan fingerprint density at radius 3 is 2.78 bits per heavy atom. The molecule has 0 saturated heterocycles. The first-order chi connectivity index (χ1) is 12.7. The van der Waals surface area contributed by atoms with Gasteiger partial charge in [0.1, 0.15) is 5.82 Å². The van der Waals surface area contributed by atoms with Gasteiger partial charge < -0.3 is 15.3 Å². The minimum absolute atomic E-state index is 0.00900. The molecule has 2 unspecified atom stereocenters. The van der Waals surface area contributed by atoms with Crippen LogP contribution >= 0.6 is 11.6 Å². The largest absolute Gasteiger partial charge is 0.477 e. The molecular formula is C18H20ClFN2O5. The first-order valence-corrected chi connectivity index (χ1v) is 8.76. The summed E-state index contributed by atoms with van der Waals surface area (Å²) < 4.78 is 18.8. The number of benzene rings is 1. The third-order valence-corrected chi connectivity index (χ3v) is 4.58. The van der Waals surface area contributed by atoms with Gasteiger partial charge in [-0.2, -0.15) is 0 Å². The average Bonchev–Trinajstić information content (AvgIpc) is 2.59. The third kappa shape index (κ3) is 4.39. The van der Waals surface area contributed by atoms with Gasteiger partial charge in [-0.25, -0.2) is 14.0 Å². The van der Waals surface area contributed by atoms with Crippen molar-refractivity contribution in [1.29, 1.82) is 0 Å². The zero-order valence-electron chi connectivity index (χ0n) is 15.1. The molecule has 0 fully saturated rings. The number of nitrogens with one attached hydrogen (secondary N) is 1. The number of esters is 1. The second-order valence-electron chi connectivity index (χ2n) is 6.22. The van der Waals surface area contributed by atoms with Crippen LogP contribution in [0, 0.1) is 5.82 Å². The molecule has 0 saturated carbocycles. The lowest BCUT2D eigenvalue weighted by molar-refractivity contribution is -0.147. The van der Waals surface area contributed by atoms with E-state index in [1.165, 1.54) is 11.1 Å². The predicted molar refractivity (Wildman–Crippen MR) is 97.0 cm³/mol. The molecule has 27 heavy (non-hydrogen) atoms. The van der Waals surface area contributed by atoms with Crippen LogP contribution in [0.4, 0.5) is 10.1 Å². The summed E-state index contributed by atoms with van der Waals surface area (Å²) in [5.74, 6) is -3.49. The van der Waals surface area contributed by atoms with Gasteiger partial charge in [-0.1, -0.05) is 18.5 Å². The van der Waals surface area contributed by atoms with Gasteiger partial charge in [0.15, 0.2) is 11.4 Å². The normalized spacial score (nSPS) is 18.0. The average molecular weight is 399 g/mol. The van der Waals surface area contributed by atoms with E-state index < -0.39 is 29.4 Å². The van der Waals surface area contributed by atoms with Crippen molar-refractivity contribution in [2.24, 2.45) is 0 Å². The Labute approximate surface area is 160 Å². The molecule has 0 bridgehead atoms. The number of halogens is 2. The van der Waals surface area contributed by atoms with Gasteiger partial charge in [0.05, 0.1) is 28.4 Å². The van der Waals surface area contributed by atoms with Gasteiger partial charge in [0.2, 0.25) is 0 Å². The number of hydrogen-bond acceptors (Lipinski definition) is 6. The first kappa shape index (κ1) is 20.7. The summed E-state index contributed by atoms with van der Waals surface area (Å²) in [6, 6.07) is 2.09. The Bertz CT molecular complexity index is 811. The molecule has 9 heteroatoms. The van der Waals surface area contributed by atoms with Crippen LogP contribution in [-0.2, 0) is 14.3 Å². The SMILES string of the molecule is CCC(C)OC(=O)C(=CNN1c2ccc(F)c(Cl)c2C(=O)CC1C)C(=O)O. The summed E-state index contributed by atoms with van der Waals surface area (Å²) in [7, 11) is 0. The van der Waals surface area contributed by atoms with E-state index in [0.717, 1.165) is 12.3 Å². The number of carboxylic acids is 1. The van der Waals surface area contributed by atoms with E-state index in [1.54, 1.807) is 20.8 Å². The molecule has 0 aromatic heterocycles. The number of rotatable bonds is 6. The van der Waals surface area contributed by atoms with Gasteiger partial charge in [-0.3, -0.25) is 9.80 Å². The molecular weight excluding hydrogens is 379 g/mol. The zero-order valence-corrected chi connectivity index (χ0v) is 15.8. The highest BCUT2D eigenvalue weighted by atomic mass is 35.5. The van der Waals surface area contributed by atoms with E-state index in [-0.39, 0.29) is 28.8 Å². The molecule has 2 atom stereocenters. The lowest BCUT2D eigenvalue weighted by Gasteiger charge is -2.36. The number of fused-ring (bicyclic) bond motifs is 1. The Balaban J connectivity index is 2.35. The van der Waals surface area contributed by atoms with Crippen LogP contribution < -0.4 is 10.4 Å². The highest BCUT2D eigenvalue weighted by Crippen LogP contribution is 2.35. The lowest BCUT2D eigenvalue weighted by Crippen LogP contribution is -2.47. The molecule has 1 aliphatic heterocycles. The molecule has 1 aromatic rings. The van der Waals surface area contributed by atoms with E-state index in [0.29, 0.717) is 12.1 Å². The molecule has 0 amide bonds. The van der Waals surface area contributed by atoms with Crippen LogP contribution in [0.2, 0.25) is 5.02 Å². The van der Waals surface area contributed by atoms with Gasteiger partial charge >= 0.3 is 11.9 Å². The fraction of sp³-hybridized carbons (Fsp3) is 0.389. The summed E-state index contributed by atoms with van der Waals surface area (Å²) in [6.07, 6.45) is 1.13. The van der Waals surface area contributed by atoms with E-state index in [2.05, 4.69) is 5.43 Å². The smallest absolute Gasteiger partial charge is 0.347 e. The van der Waals surface area contributed by atoms with E-state index in [9.17, 15) is 23.9 Å². The van der Waals surface area contributed by atoms with Crippen molar-refractivity contribution in [2.75, 3.05) is 5.01 Å². The van der Waals surface area contributed by atoms with Gasteiger partial charge in [-0.05, 0) is 32.4 Å². The van der Waals surface area contributed by atoms with Crippen LogP contribution in [0.25, 0.3) is 0 Å². The summed E-state index contributed by atoms with van der Waals surface area (Å²) in [5, 5.41) is 10.5. The maximum absolute atomic E-state index is 13.7. The quantitative estimate of drug-likeness (QED) is 0.329. The Hall–Kier alpha value is -2.61. The first-order valence-electron chi connectivity index (χ1n) is 8.38. The van der Waals surface area contributed by atoms with Crippen molar-refractivity contribution in [3.8, 4) is 0 Å². The molecule has 0 radical (unpaired) electrons.